The number of carbonyl (C=O) groups excluding carboxylic acids is 2. The first-order chi connectivity index (χ1) is 11.3. The average Bonchev–Trinajstić information content (AvgIpc) is 2.94. The van der Waals surface area contributed by atoms with Gasteiger partial charge in [0.1, 0.15) is 5.54 Å². The van der Waals surface area contributed by atoms with Crippen molar-refractivity contribution in [3.05, 3.63) is 17.5 Å². The Bertz CT molecular complexity index is 658. The van der Waals surface area contributed by atoms with E-state index in [2.05, 4.69) is 16.9 Å². The van der Waals surface area contributed by atoms with Gasteiger partial charge in [-0.05, 0) is 33.6 Å². The topological polar surface area (TPSA) is 61.7 Å². The zero-order valence-corrected chi connectivity index (χ0v) is 15.2. The second kappa shape index (κ2) is 5.88. The number of hydrogen-bond acceptors (Lipinski definition) is 4. The number of imide groups is 1. The molecule has 0 saturated carbocycles. The highest BCUT2D eigenvalue weighted by atomic mass is 16.2. The second-order valence-corrected chi connectivity index (χ2v) is 7.30. The van der Waals surface area contributed by atoms with Gasteiger partial charge in [-0.15, -0.1) is 0 Å². The number of likely N-dealkylation sites (tertiary alicyclic amines) is 1. The van der Waals surface area contributed by atoms with E-state index in [9.17, 15) is 9.59 Å². The van der Waals surface area contributed by atoms with E-state index in [1.807, 2.05) is 31.8 Å². The highest BCUT2D eigenvalue weighted by Gasteiger charge is 2.56. The number of hydrogen-bond donors (Lipinski definition) is 0. The summed E-state index contributed by atoms with van der Waals surface area (Å²) in [5.41, 5.74) is 1.74. The average molecular weight is 333 g/mol. The zero-order chi connectivity index (χ0) is 17.6. The van der Waals surface area contributed by atoms with Crippen molar-refractivity contribution in [3.63, 3.8) is 0 Å². The van der Waals surface area contributed by atoms with Crippen molar-refractivity contribution in [1.82, 2.24) is 24.5 Å². The highest BCUT2D eigenvalue weighted by molar-refractivity contribution is 6.07. The first-order valence-corrected chi connectivity index (χ1v) is 8.59. The van der Waals surface area contributed by atoms with Crippen LogP contribution in [0.2, 0.25) is 0 Å². The van der Waals surface area contributed by atoms with Gasteiger partial charge in [-0.1, -0.05) is 0 Å². The van der Waals surface area contributed by atoms with Gasteiger partial charge in [0, 0.05) is 51.0 Å². The third kappa shape index (κ3) is 2.42. The van der Waals surface area contributed by atoms with Crippen LogP contribution < -0.4 is 0 Å². The van der Waals surface area contributed by atoms with Gasteiger partial charge in [-0.25, -0.2) is 4.79 Å². The Morgan fingerprint density at radius 1 is 1.21 bits per heavy atom. The van der Waals surface area contributed by atoms with Crippen LogP contribution in [0.4, 0.5) is 4.79 Å². The van der Waals surface area contributed by atoms with Gasteiger partial charge in [0.2, 0.25) is 0 Å². The third-order valence-electron chi connectivity index (χ3n) is 5.68. The molecule has 1 spiro atoms. The predicted octanol–water partition coefficient (Wildman–Crippen LogP) is 1.37. The van der Waals surface area contributed by atoms with E-state index in [1.165, 1.54) is 16.2 Å². The quantitative estimate of drug-likeness (QED) is 0.784. The van der Waals surface area contributed by atoms with E-state index in [-0.39, 0.29) is 18.0 Å². The van der Waals surface area contributed by atoms with Gasteiger partial charge < -0.3 is 4.90 Å². The number of carbonyl (C=O) groups is 2. The Morgan fingerprint density at radius 2 is 1.83 bits per heavy atom. The van der Waals surface area contributed by atoms with Gasteiger partial charge in [-0.2, -0.15) is 5.10 Å². The smallest absolute Gasteiger partial charge is 0.312 e. The van der Waals surface area contributed by atoms with Crippen LogP contribution in [0.15, 0.2) is 6.20 Å². The molecule has 0 radical (unpaired) electrons. The molecule has 3 heterocycles. The molecule has 3 rings (SSSR count). The molecule has 1 aromatic heterocycles. The molecule has 0 aliphatic carbocycles. The van der Waals surface area contributed by atoms with E-state index in [1.54, 1.807) is 11.9 Å². The summed E-state index contributed by atoms with van der Waals surface area (Å²) >= 11 is 0. The molecule has 7 nitrogen and oxygen atoms in total. The molecular formula is C17H27N5O2. The van der Waals surface area contributed by atoms with Crippen molar-refractivity contribution >= 4 is 11.9 Å². The fourth-order valence-electron chi connectivity index (χ4n) is 3.83. The van der Waals surface area contributed by atoms with E-state index in [0.717, 1.165) is 19.6 Å². The summed E-state index contributed by atoms with van der Waals surface area (Å²) in [6.07, 6.45) is 3.30. The molecular weight excluding hydrogens is 306 g/mol. The largest absolute Gasteiger partial charge is 0.327 e. The van der Waals surface area contributed by atoms with E-state index in [0.29, 0.717) is 12.8 Å². The molecule has 24 heavy (non-hydrogen) atoms. The van der Waals surface area contributed by atoms with Crippen molar-refractivity contribution in [3.8, 4) is 0 Å². The van der Waals surface area contributed by atoms with Crippen LogP contribution >= 0.6 is 0 Å². The van der Waals surface area contributed by atoms with E-state index < -0.39 is 5.54 Å². The number of nitrogens with zero attached hydrogens (tertiary/aromatic N) is 5. The van der Waals surface area contributed by atoms with Crippen LogP contribution in [-0.4, -0.2) is 68.1 Å². The van der Waals surface area contributed by atoms with Crippen molar-refractivity contribution in [2.75, 3.05) is 20.1 Å². The fraction of sp³-hybridized carbons (Fsp3) is 0.706. The summed E-state index contributed by atoms with van der Waals surface area (Å²) in [5.74, 6) is -0.0257. The Balaban J connectivity index is 1.71. The Kier molecular flexibility index (Phi) is 4.15. The molecule has 2 aliphatic rings. The lowest BCUT2D eigenvalue weighted by Crippen LogP contribution is -2.55. The van der Waals surface area contributed by atoms with E-state index in [4.69, 9.17) is 0 Å². The predicted molar refractivity (Wildman–Crippen MR) is 90.3 cm³/mol. The van der Waals surface area contributed by atoms with Crippen LogP contribution in [0.3, 0.4) is 0 Å². The van der Waals surface area contributed by atoms with Crippen LogP contribution in [0.5, 0.6) is 0 Å². The van der Waals surface area contributed by atoms with Gasteiger partial charge in [-0.3, -0.25) is 19.3 Å². The summed E-state index contributed by atoms with van der Waals surface area (Å²) in [4.78, 5) is 30.8. The molecule has 0 bridgehead atoms. The number of amides is 3. The molecule has 0 N–H and O–H groups in total. The molecule has 7 heteroatoms. The maximum atomic E-state index is 12.9. The van der Waals surface area contributed by atoms with Crippen molar-refractivity contribution in [2.45, 2.75) is 51.7 Å². The fourth-order valence-corrected chi connectivity index (χ4v) is 3.83. The summed E-state index contributed by atoms with van der Waals surface area (Å²) in [6, 6.07) is -0.255. The maximum Gasteiger partial charge on any atom is 0.327 e. The molecule has 2 aliphatic heterocycles. The SMILES string of the molecule is Cc1c(CN2CCC3(CC2)C(=O)N(C(C)C)C(=O)N3C)cnn1C. The zero-order valence-electron chi connectivity index (χ0n) is 15.2. The normalized spacial score (nSPS) is 21.6. The molecule has 132 valence electrons. The number of rotatable bonds is 3. The Labute approximate surface area is 143 Å². The first-order valence-electron chi connectivity index (χ1n) is 8.59. The molecule has 3 amide bonds. The van der Waals surface area contributed by atoms with Crippen LogP contribution in [0, 0.1) is 6.92 Å². The van der Waals surface area contributed by atoms with Crippen LogP contribution in [-0.2, 0) is 18.4 Å². The van der Waals surface area contributed by atoms with Gasteiger partial charge >= 0.3 is 6.03 Å². The van der Waals surface area contributed by atoms with Crippen molar-refractivity contribution in [2.24, 2.45) is 7.05 Å². The number of piperidine rings is 1. The van der Waals surface area contributed by atoms with Crippen molar-refractivity contribution < 1.29 is 9.59 Å². The van der Waals surface area contributed by atoms with Crippen LogP contribution in [0.25, 0.3) is 0 Å². The lowest BCUT2D eigenvalue weighted by Gasteiger charge is -2.40. The Hall–Kier alpha value is -1.89. The van der Waals surface area contributed by atoms with Crippen LogP contribution in [0.1, 0.15) is 37.9 Å². The minimum absolute atomic E-state index is 0.0257. The third-order valence-corrected chi connectivity index (χ3v) is 5.68. The second-order valence-electron chi connectivity index (χ2n) is 7.30. The van der Waals surface area contributed by atoms with Gasteiger partial charge in [0.15, 0.2) is 0 Å². The Morgan fingerprint density at radius 3 is 2.29 bits per heavy atom. The molecule has 0 aromatic carbocycles. The van der Waals surface area contributed by atoms with Crippen molar-refractivity contribution in [1.29, 1.82) is 0 Å². The maximum absolute atomic E-state index is 12.9. The number of urea groups is 1. The molecule has 2 fully saturated rings. The summed E-state index contributed by atoms with van der Waals surface area (Å²) < 4.78 is 1.88. The van der Waals surface area contributed by atoms with Gasteiger partial charge in [0.05, 0.1) is 6.20 Å². The summed E-state index contributed by atoms with van der Waals surface area (Å²) in [6.45, 7) is 8.32. The monoisotopic (exact) mass is 333 g/mol. The number of aryl methyl sites for hydroxylation is 1. The van der Waals surface area contributed by atoms with Gasteiger partial charge in [0.25, 0.3) is 5.91 Å². The molecule has 2 saturated heterocycles. The molecule has 1 aromatic rings. The molecule has 0 unspecified atom stereocenters. The minimum atomic E-state index is -0.651. The summed E-state index contributed by atoms with van der Waals surface area (Å²) in [7, 11) is 3.71. The highest BCUT2D eigenvalue weighted by Crippen LogP contribution is 2.37. The van der Waals surface area contributed by atoms with E-state index >= 15 is 0 Å². The lowest BCUT2D eigenvalue weighted by molar-refractivity contribution is -0.136. The minimum Gasteiger partial charge on any atom is -0.312 e. The lowest BCUT2D eigenvalue weighted by atomic mass is 9.86. The summed E-state index contributed by atoms with van der Waals surface area (Å²) in [5, 5.41) is 4.29. The first kappa shape index (κ1) is 17.0. The number of likely N-dealkylation sites (N-methyl/N-ethyl adjacent to an activating group) is 1. The number of aromatic nitrogens is 2. The standard InChI is InChI=1S/C17H27N5O2/c1-12(2)22-15(23)17(19(4)16(22)24)6-8-21(9-7-17)11-14-10-18-20(5)13(14)3/h10,12H,6-9,11H2,1-5H3. The molecule has 0 atom stereocenters.